The Hall–Kier alpha value is -3.00. The summed E-state index contributed by atoms with van der Waals surface area (Å²) in [5.41, 5.74) is 3.65. The highest BCUT2D eigenvalue weighted by atomic mass is 16.2. The number of aromatic nitrogens is 4. The SMILES string of the molecule is CC(C)[C@H]1CN(C)C(=O)c2cc3cnc(Cc4ccc(N5CCNCC5)cn4)nc3n21. The Morgan fingerprint density at radius 1 is 1.16 bits per heavy atom. The van der Waals surface area contributed by atoms with Crippen molar-refractivity contribution in [2.75, 3.05) is 44.7 Å². The molecule has 2 aliphatic heterocycles. The fourth-order valence-corrected chi connectivity index (χ4v) is 4.57. The van der Waals surface area contributed by atoms with Gasteiger partial charge in [-0.1, -0.05) is 13.8 Å². The predicted molar refractivity (Wildman–Crippen MR) is 120 cm³/mol. The number of pyridine rings is 1. The van der Waals surface area contributed by atoms with Crippen molar-refractivity contribution in [3.05, 3.63) is 47.8 Å². The molecule has 3 aromatic rings. The van der Waals surface area contributed by atoms with Gasteiger partial charge in [-0.05, 0) is 24.1 Å². The monoisotopic (exact) mass is 419 g/mol. The number of anilines is 1. The number of amides is 1. The summed E-state index contributed by atoms with van der Waals surface area (Å²) in [6.07, 6.45) is 4.35. The molecule has 31 heavy (non-hydrogen) atoms. The van der Waals surface area contributed by atoms with E-state index in [1.165, 1.54) is 0 Å². The summed E-state index contributed by atoms with van der Waals surface area (Å²) in [7, 11) is 1.87. The second kappa shape index (κ2) is 7.92. The molecule has 8 nitrogen and oxygen atoms in total. The van der Waals surface area contributed by atoms with Crippen LogP contribution in [0.25, 0.3) is 11.0 Å². The molecule has 2 aliphatic rings. The van der Waals surface area contributed by atoms with Crippen LogP contribution in [-0.4, -0.2) is 70.1 Å². The molecule has 0 saturated carbocycles. The first-order valence-corrected chi connectivity index (χ1v) is 11.0. The van der Waals surface area contributed by atoms with Gasteiger partial charge in [-0.2, -0.15) is 0 Å². The number of fused-ring (bicyclic) bond motifs is 3. The lowest BCUT2D eigenvalue weighted by atomic mass is 10.0. The molecule has 0 radical (unpaired) electrons. The Morgan fingerprint density at radius 2 is 1.97 bits per heavy atom. The maximum Gasteiger partial charge on any atom is 0.270 e. The lowest BCUT2D eigenvalue weighted by Crippen LogP contribution is -2.43. The van der Waals surface area contributed by atoms with Crippen molar-refractivity contribution in [3.8, 4) is 0 Å². The van der Waals surface area contributed by atoms with Crippen molar-refractivity contribution in [2.45, 2.75) is 26.3 Å². The Kier molecular flexibility index (Phi) is 5.09. The number of hydrogen-bond donors (Lipinski definition) is 1. The van der Waals surface area contributed by atoms with Gasteiger partial charge in [0.25, 0.3) is 5.91 Å². The maximum absolute atomic E-state index is 12.7. The summed E-state index contributed by atoms with van der Waals surface area (Å²) in [5, 5.41) is 4.29. The van der Waals surface area contributed by atoms with Crippen molar-refractivity contribution in [1.82, 2.24) is 29.7 Å². The average Bonchev–Trinajstić information content (AvgIpc) is 3.16. The normalized spacial score (nSPS) is 19.4. The van der Waals surface area contributed by atoms with Crippen molar-refractivity contribution in [1.29, 1.82) is 0 Å². The van der Waals surface area contributed by atoms with Crippen molar-refractivity contribution >= 4 is 22.6 Å². The third kappa shape index (κ3) is 3.65. The molecule has 5 heterocycles. The minimum Gasteiger partial charge on any atom is -0.368 e. The molecule has 0 aliphatic carbocycles. The fraction of sp³-hybridized carbons (Fsp3) is 0.478. The highest BCUT2D eigenvalue weighted by molar-refractivity contribution is 5.98. The molecule has 0 unspecified atom stereocenters. The Bertz CT molecular complexity index is 1100. The Balaban J connectivity index is 1.44. The van der Waals surface area contributed by atoms with Gasteiger partial charge >= 0.3 is 0 Å². The molecule has 8 heteroatoms. The molecule has 162 valence electrons. The summed E-state index contributed by atoms with van der Waals surface area (Å²) >= 11 is 0. The van der Waals surface area contributed by atoms with Crippen LogP contribution in [0.4, 0.5) is 5.69 Å². The van der Waals surface area contributed by atoms with Crippen LogP contribution in [0.2, 0.25) is 0 Å². The smallest absolute Gasteiger partial charge is 0.270 e. The lowest BCUT2D eigenvalue weighted by Gasteiger charge is -2.34. The summed E-state index contributed by atoms with van der Waals surface area (Å²) in [4.78, 5) is 31.0. The quantitative estimate of drug-likeness (QED) is 0.698. The van der Waals surface area contributed by atoms with E-state index in [9.17, 15) is 4.79 Å². The van der Waals surface area contributed by atoms with E-state index in [1.807, 2.05) is 25.5 Å². The maximum atomic E-state index is 12.7. The molecule has 1 fully saturated rings. The van der Waals surface area contributed by atoms with Gasteiger partial charge in [0.05, 0.1) is 24.3 Å². The minimum absolute atomic E-state index is 0.0432. The van der Waals surface area contributed by atoms with Gasteiger partial charge in [0.1, 0.15) is 17.2 Å². The zero-order valence-electron chi connectivity index (χ0n) is 18.4. The van der Waals surface area contributed by atoms with Gasteiger partial charge in [-0.3, -0.25) is 9.78 Å². The van der Waals surface area contributed by atoms with E-state index >= 15 is 0 Å². The van der Waals surface area contributed by atoms with E-state index in [2.05, 4.69) is 50.7 Å². The first kappa shape index (κ1) is 19.9. The van der Waals surface area contributed by atoms with Crippen molar-refractivity contribution in [3.63, 3.8) is 0 Å². The zero-order chi connectivity index (χ0) is 21.5. The van der Waals surface area contributed by atoms with E-state index in [4.69, 9.17) is 4.98 Å². The van der Waals surface area contributed by atoms with E-state index < -0.39 is 0 Å². The van der Waals surface area contributed by atoms with Gasteiger partial charge < -0.3 is 19.7 Å². The largest absolute Gasteiger partial charge is 0.368 e. The summed E-state index contributed by atoms with van der Waals surface area (Å²) in [6, 6.07) is 6.32. The predicted octanol–water partition coefficient (Wildman–Crippen LogP) is 2.11. The summed E-state index contributed by atoms with van der Waals surface area (Å²) < 4.78 is 2.12. The van der Waals surface area contributed by atoms with Crippen molar-refractivity contribution in [2.24, 2.45) is 5.92 Å². The molecule has 3 aromatic heterocycles. The zero-order valence-corrected chi connectivity index (χ0v) is 18.4. The van der Waals surface area contributed by atoms with Crippen LogP contribution in [0.5, 0.6) is 0 Å². The molecule has 0 aromatic carbocycles. The van der Waals surface area contributed by atoms with Gasteiger partial charge in [-0.25, -0.2) is 9.97 Å². The highest BCUT2D eigenvalue weighted by Gasteiger charge is 2.33. The molecule has 1 atom stereocenters. The van der Waals surface area contributed by atoms with E-state index in [-0.39, 0.29) is 11.9 Å². The van der Waals surface area contributed by atoms with Crippen LogP contribution in [0, 0.1) is 5.92 Å². The molecular formula is C23H29N7O. The van der Waals surface area contributed by atoms with Gasteiger partial charge in [0.15, 0.2) is 0 Å². The number of nitrogens with one attached hydrogen (secondary N) is 1. The molecular weight excluding hydrogens is 390 g/mol. The Labute approximate surface area is 182 Å². The van der Waals surface area contributed by atoms with Gasteiger partial charge in [0, 0.05) is 57.0 Å². The number of nitrogens with zero attached hydrogens (tertiary/aromatic N) is 6. The van der Waals surface area contributed by atoms with Crippen LogP contribution < -0.4 is 10.2 Å². The summed E-state index contributed by atoms with van der Waals surface area (Å²) in [5.74, 6) is 1.16. The first-order valence-electron chi connectivity index (χ1n) is 11.0. The number of carbonyl (C=O) groups is 1. The minimum atomic E-state index is 0.0432. The number of hydrogen-bond acceptors (Lipinski definition) is 6. The average molecular weight is 420 g/mol. The fourth-order valence-electron chi connectivity index (χ4n) is 4.57. The third-order valence-electron chi connectivity index (χ3n) is 6.38. The molecule has 1 saturated heterocycles. The van der Waals surface area contributed by atoms with Crippen molar-refractivity contribution < 1.29 is 4.79 Å². The van der Waals surface area contributed by atoms with E-state index in [0.717, 1.165) is 54.4 Å². The lowest BCUT2D eigenvalue weighted by molar-refractivity contribution is 0.0698. The van der Waals surface area contributed by atoms with Crippen LogP contribution >= 0.6 is 0 Å². The first-order chi connectivity index (χ1) is 15.0. The molecule has 1 amide bonds. The van der Waals surface area contributed by atoms with Crippen LogP contribution in [0.15, 0.2) is 30.6 Å². The summed E-state index contributed by atoms with van der Waals surface area (Å²) in [6.45, 7) is 9.10. The standard InChI is InChI=1S/C23H29N7O/c1-15(2)20-14-28(3)23(31)19-10-16-12-26-21(27-22(16)30(19)20)11-17-4-5-18(13-25-17)29-8-6-24-7-9-29/h4-5,10,12-13,15,20,24H,6-9,11,14H2,1-3H3/t20-/m1/s1. The molecule has 0 bridgehead atoms. The van der Waals surface area contributed by atoms with Gasteiger partial charge in [-0.15, -0.1) is 0 Å². The number of rotatable bonds is 4. The van der Waals surface area contributed by atoms with Crippen LogP contribution in [0.3, 0.4) is 0 Å². The molecule has 5 rings (SSSR count). The number of carbonyl (C=O) groups excluding carboxylic acids is 1. The highest BCUT2D eigenvalue weighted by Crippen LogP contribution is 2.32. The molecule has 0 spiro atoms. The topological polar surface area (TPSA) is 79.2 Å². The van der Waals surface area contributed by atoms with E-state index in [0.29, 0.717) is 24.6 Å². The number of likely N-dealkylation sites (N-methyl/N-ethyl adjacent to an activating group) is 1. The van der Waals surface area contributed by atoms with E-state index in [1.54, 1.807) is 4.90 Å². The number of piperazine rings is 1. The van der Waals surface area contributed by atoms with Gasteiger partial charge in [0.2, 0.25) is 0 Å². The second-order valence-corrected chi connectivity index (χ2v) is 8.88. The Morgan fingerprint density at radius 3 is 2.68 bits per heavy atom. The third-order valence-corrected chi connectivity index (χ3v) is 6.38. The molecule has 1 N–H and O–H groups in total. The van der Waals surface area contributed by atoms with Crippen LogP contribution in [0.1, 0.15) is 41.9 Å². The second-order valence-electron chi connectivity index (χ2n) is 8.88. The van der Waals surface area contributed by atoms with Crippen LogP contribution in [-0.2, 0) is 6.42 Å².